The molecule has 5 heteroatoms. The quantitative estimate of drug-likeness (QED) is 0.924. The van der Waals surface area contributed by atoms with Crippen LogP contribution in [0.3, 0.4) is 0 Å². The molecule has 1 aliphatic heterocycles. The van der Waals surface area contributed by atoms with Crippen molar-refractivity contribution in [1.29, 1.82) is 0 Å². The van der Waals surface area contributed by atoms with Crippen LogP contribution in [-0.2, 0) is 5.60 Å². The molecule has 0 amide bonds. The van der Waals surface area contributed by atoms with E-state index in [9.17, 15) is 5.11 Å². The molecule has 0 radical (unpaired) electrons. The van der Waals surface area contributed by atoms with Crippen LogP contribution in [0.15, 0.2) is 24.3 Å². The molecule has 1 aliphatic rings. The van der Waals surface area contributed by atoms with Crippen molar-refractivity contribution in [1.82, 2.24) is 4.90 Å². The van der Waals surface area contributed by atoms with E-state index in [0.717, 1.165) is 35.1 Å². The first-order valence-corrected chi connectivity index (χ1v) is 7.76. The van der Waals surface area contributed by atoms with Gasteiger partial charge in [-0.2, -0.15) is 11.8 Å². The van der Waals surface area contributed by atoms with E-state index in [0.29, 0.717) is 0 Å². The van der Waals surface area contributed by atoms with E-state index in [-0.39, 0.29) is 18.3 Å². The Morgan fingerprint density at radius 1 is 1.37 bits per heavy atom. The van der Waals surface area contributed by atoms with Crippen molar-refractivity contribution >= 4 is 35.8 Å². The van der Waals surface area contributed by atoms with Gasteiger partial charge < -0.3 is 10.0 Å². The summed E-state index contributed by atoms with van der Waals surface area (Å²) in [5.41, 5.74) is 0.291. The zero-order valence-corrected chi connectivity index (χ0v) is 13.7. The number of nitrogens with zero attached hydrogens (tertiary/aromatic N) is 1. The standard InChI is InChI=1S/C14H20ClNOS.ClH/c1-16(2)9-12-10-18-8-7-14(12,17)11-3-5-13(15)6-4-11;/h3-6,12,17H,7-10H2,1-2H3;1H/t12-,14+;/m0./s1. The Labute approximate surface area is 130 Å². The van der Waals surface area contributed by atoms with E-state index >= 15 is 0 Å². The van der Waals surface area contributed by atoms with Crippen LogP contribution in [0.25, 0.3) is 0 Å². The van der Waals surface area contributed by atoms with Crippen LogP contribution in [0.2, 0.25) is 5.02 Å². The molecule has 1 aromatic rings. The van der Waals surface area contributed by atoms with Gasteiger partial charge in [-0.05, 0) is 44.0 Å². The summed E-state index contributed by atoms with van der Waals surface area (Å²) in [6.07, 6.45) is 0.817. The Morgan fingerprint density at radius 3 is 2.58 bits per heavy atom. The summed E-state index contributed by atoms with van der Waals surface area (Å²) in [7, 11) is 4.11. The number of rotatable bonds is 3. The van der Waals surface area contributed by atoms with Crippen LogP contribution < -0.4 is 0 Å². The zero-order chi connectivity index (χ0) is 13.2. The lowest BCUT2D eigenvalue weighted by atomic mass is 9.79. The number of aliphatic hydroxyl groups is 1. The summed E-state index contributed by atoms with van der Waals surface area (Å²) in [5.74, 6) is 2.30. The second-order valence-electron chi connectivity index (χ2n) is 5.22. The van der Waals surface area contributed by atoms with Gasteiger partial charge in [0.1, 0.15) is 0 Å². The van der Waals surface area contributed by atoms with Crippen LogP contribution in [-0.4, -0.2) is 42.2 Å². The van der Waals surface area contributed by atoms with Gasteiger partial charge in [-0.3, -0.25) is 0 Å². The Hall–Kier alpha value is 0.0700. The van der Waals surface area contributed by atoms with Crippen molar-refractivity contribution < 1.29 is 5.11 Å². The normalized spacial score (nSPS) is 27.1. The maximum atomic E-state index is 11.1. The van der Waals surface area contributed by atoms with Crippen molar-refractivity contribution in [2.75, 3.05) is 32.1 Å². The predicted molar refractivity (Wildman–Crippen MR) is 86.6 cm³/mol. The van der Waals surface area contributed by atoms with Crippen LogP contribution >= 0.6 is 35.8 Å². The van der Waals surface area contributed by atoms with Gasteiger partial charge in [0.05, 0.1) is 5.60 Å². The molecule has 19 heavy (non-hydrogen) atoms. The third-order valence-electron chi connectivity index (χ3n) is 3.55. The number of halogens is 2. The van der Waals surface area contributed by atoms with Gasteiger partial charge in [0.15, 0.2) is 0 Å². The first-order valence-electron chi connectivity index (χ1n) is 6.23. The molecule has 0 aliphatic carbocycles. The third-order valence-corrected chi connectivity index (χ3v) is 4.93. The van der Waals surface area contributed by atoms with Gasteiger partial charge in [0, 0.05) is 23.2 Å². The molecule has 1 N–H and O–H groups in total. The lowest BCUT2D eigenvalue weighted by Gasteiger charge is -2.41. The Bertz CT molecular complexity index is 399. The van der Waals surface area contributed by atoms with Crippen molar-refractivity contribution in [3.05, 3.63) is 34.9 Å². The maximum absolute atomic E-state index is 11.1. The number of hydrogen-bond donors (Lipinski definition) is 1. The Kier molecular flexibility index (Phi) is 6.48. The topological polar surface area (TPSA) is 23.5 Å². The van der Waals surface area contributed by atoms with E-state index in [1.54, 1.807) is 0 Å². The van der Waals surface area contributed by atoms with Crippen LogP contribution in [0.5, 0.6) is 0 Å². The molecule has 0 saturated carbocycles. The lowest BCUT2D eigenvalue weighted by molar-refractivity contribution is -0.0293. The summed E-state index contributed by atoms with van der Waals surface area (Å²) >= 11 is 7.86. The van der Waals surface area contributed by atoms with Crippen LogP contribution in [0.4, 0.5) is 0 Å². The lowest BCUT2D eigenvalue weighted by Crippen LogP contribution is -2.45. The molecule has 0 unspecified atom stereocenters. The fourth-order valence-electron chi connectivity index (χ4n) is 2.56. The van der Waals surface area contributed by atoms with Gasteiger partial charge in [0.2, 0.25) is 0 Å². The molecule has 0 bridgehead atoms. The second kappa shape index (κ2) is 7.19. The van der Waals surface area contributed by atoms with Gasteiger partial charge in [-0.1, -0.05) is 23.7 Å². The molecule has 0 aromatic heterocycles. The minimum atomic E-state index is -0.708. The van der Waals surface area contributed by atoms with Crippen LogP contribution in [0.1, 0.15) is 12.0 Å². The van der Waals surface area contributed by atoms with Crippen LogP contribution in [0, 0.1) is 5.92 Å². The maximum Gasteiger partial charge on any atom is 0.0952 e. The van der Waals surface area contributed by atoms with Gasteiger partial charge >= 0.3 is 0 Å². The highest BCUT2D eigenvalue weighted by Gasteiger charge is 2.40. The minimum absolute atomic E-state index is 0. The first-order chi connectivity index (χ1) is 8.52. The highest BCUT2D eigenvalue weighted by Crippen LogP contribution is 2.40. The van der Waals surface area contributed by atoms with E-state index in [1.807, 2.05) is 36.0 Å². The molecular weight excluding hydrogens is 301 g/mol. The molecule has 0 spiro atoms. The third kappa shape index (κ3) is 4.02. The first kappa shape index (κ1) is 17.1. The molecular formula is C14H21Cl2NOS. The molecule has 1 fully saturated rings. The summed E-state index contributed by atoms with van der Waals surface area (Å²) in [4.78, 5) is 2.15. The van der Waals surface area contributed by atoms with Gasteiger partial charge in [-0.15, -0.1) is 12.4 Å². The Morgan fingerprint density at radius 2 is 2.00 bits per heavy atom. The molecule has 108 valence electrons. The SMILES string of the molecule is CN(C)C[C@H]1CSCC[C@@]1(O)c1ccc(Cl)cc1.Cl. The second-order valence-corrected chi connectivity index (χ2v) is 6.80. The summed E-state index contributed by atoms with van der Waals surface area (Å²) in [6, 6.07) is 7.65. The van der Waals surface area contributed by atoms with Crippen molar-refractivity contribution in [3.8, 4) is 0 Å². The molecule has 1 aromatic carbocycles. The van der Waals surface area contributed by atoms with E-state index in [1.165, 1.54) is 0 Å². The molecule has 2 nitrogen and oxygen atoms in total. The average molecular weight is 322 g/mol. The highest BCUT2D eigenvalue weighted by atomic mass is 35.5. The monoisotopic (exact) mass is 321 g/mol. The largest absolute Gasteiger partial charge is 0.385 e. The number of thioether (sulfide) groups is 1. The van der Waals surface area contributed by atoms with Crippen molar-refractivity contribution in [3.63, 3.8) is 0 Å². The zero-order valence-electron chi connectivity index (χ0n) is 11.3. The molecule has 2 rings (SSSR count). The summed E-state index contributed by atoms with van der Waals surface area (Å²) < 4.78 is 0. The van der Waals surface area contributed by atoms with Gasteiger partial charge in [0.25, 0.3) is 0 Å². The fourth-order valence-corrected chi connectivity index (χ4v) is 3.97. The molecule has 1 saturated heterocycles. The average Bonchev–Trinajstić information content (AvgIpc) is 2.32. The summed E-state index contributed by atoms with van der Waals surface area (Å²) in [5, 5.41) is 11.8. The van der Waals surface area contributed by atoms with Crippen molar-refractivity contribution in [2.24, 2.45) is 5.92 Å². The minimum Gasteiger partial charge on any atom is -0.385 e. The van der Waals surface area contributed by atoms with E-state index in [2.05, 4.69) is 19.0 Å². The smallest absolute Gasteiger partial charge is 0.0952 e. The van der Waals surface area contributed by atoms with E-state index in [4.69, 9.17) is 11.6 Å². The van der Waals surface area contributed by atoms with E-state index < -0.39 is 5.60 Å². The number of benzene rings is 1. The Balaban J connectivity index is 0.00000180. The highest BCUT2D eigenvalue weighted by molar-refractivity contribution is 7.99. The predicted octanol–water partition coefficient (Wildman–Crippen LogP) is 3.26. The summed E-state index contributed by atoms with van der Waals surface area (Å²) in [6.45, 7) is 0.909. The molecule has 2 atom stereocenters. The van der Waals surface area contributed by atoms with Gasteiger partial charge in [-0.25, -0.2) is 0 Å². The fraction of sp³-hybridized carbons (Fsp3) is 0.571. The van der Waals surface area contributed by atoms with Crippen molar-refractivity contribution in [2.45, 2.75) is 12.0 Å². The number of hydrogen-bond acceptors (Lipinski definition) is 3. The molecule has 1 heterocycles.